The Morgan fingerprint density at radius 1 is 1.33 bits per heavy atom. The molecule has 0 spiro atoms. The highest BCUT2D eigenvalue weighted by molar-refractivity contribution is 9.10. The largest absolute Gasteiger partial charge is 0.486 e. The first kappa shape index (κ1) is 10.9. The Hall–Kier alpha value is -0.610. The Bertz CT molecular complexity index is 319. The number of ether oxygens (including phenoxy) is 1. The number of nitrogens with one attached hydrogen (secondary N) is 1. The summed E-state index contributed by atoms with van der Waals surface area (Å²) in [6, 6.07) is 4.87. The summed E-state index contributed by atoms with van der Waals surface area (Å²) in [7, 11) is 0. The van der Waals surface area contributed by atoms with Gasteiger partial charge in [-0.2, -0.15) is 0 Å². The molecule has 0 amide bonds. The number of para-hydroxylation sites is 1. The Balaban J connectivity index is 2.09. The number of benzene rings is 1. The maximum atomic E-state index is 13.4. The van der Waals surface area contributed by atoms with Gasteiger partial charge in [0.25, 0.3) is 0 Å². The van der Waals surface area contributed by atoms with Gasteiger partial charge in [-0.15, -0.1) is 0 Å². The second-order valence-electron chi connectivity index (χ2n) is 3.62. The van der Waals surface area contributed by atoms with Gasteiger partial charge in [0.2, 0.25) is 0 Å². The molecule has 1 saturated heterocycles. The van der Waals surface area contributed by atoms with Crippen LogP contribution in [0.25, 0.3) is 0 Å². The third-order valence-electron chi connectivity index (χ3n) is 2.49. The van der Waals surface area contributed by atoms with Gasteiger partial charge in [0.1, 0.15) is 6.10 Å². The van der Waals surface area contributed by atoms with Crippen LogP contribution in [0.2, 0.25) is 0 Å². The molecule has 1 N–H and O–H groups in total. The fourth-order valence-electron chi connectivity index (χ4n) is 1.68. The van der Waals surface area contributed by atoms with Crippen LogP contribution in [-0.4, -0.2) is 19.2 Å². The maximum absolute atomic E-state index is 13.4. The van der Waals surface area contributed by atoms with Crippen molar-refractivity contribution in [1.29, 1.82) is 0 Å². The summed E-state index contributed by atoms with van der Waals surface area (Å²) in [5, 5.41) is 3.24. The van der Waals surface area contributed by atoms with Crippen LogP contribution in [-0.2, 0) is 0 Å². The lowest BCUT2D eigenvalue weighted by Crippen LogP contribution is -2.34. The Kier molecular flexibility index (Phi) is 3.59. The van der Waals surface area contributed by atoms with Gasteiger partial charge in [0.05, 0.1) is 4.47 Å². The molecule has 1 heterocycles. The zero-order valence-corrected chi connectivity index (χ0v) is 9.89. The normalized spacial score (nSPS) is 17.7. The van der Waals surface area contributed by atoms with E-state index < -0.39 is 0 Å². The van der Waals surface area contributed by atoms with Crippen molar-refractivity contribution >= 4 is 15.9 Å². The van der Waals surface area contributed by atoms with Gasteiger partial charge in [0.15, 0.2) is 11.6 Å². The number of hydrogen-bond donors (Lipinski definition) is 1. The molecule has 1 aliphatic heterocycles. The molecule has 1 aromatic carbocycles. The predicted molar refractivity (Wildman–Crippen MR) is 60.6 cm³/mol. The van der Waals surface area contributed by atoms with E-state index in [0.29, 0.717) is 10.2 Å². The highest BCUT2D eigenvalue weighted by Crippen LogP contribution is 2.29. The molecular formula is C11H13BrFNO. The lowest BCUT2D eigenvalue weighted by Gasteiger charge is -2.24. The Labute approximate surface area is 96.9 Å². The average molecular weight is 274 g/mol. The van der Waals surface area contributed by atoms with E-state index in [0.717, 1.165) is 25.9 Å². The number of piperidine rings is 1. The van der Waals surface area contributed by atoms with Crippen molar-refractivity contribution in [3.63, 3.8) is 0 Å². The van der Waals surface area contributed by atoms with Crippen molar-refractivity contribution in [3.05, 3.63) is 28.5 Å². The second kappa shape index (κ2) is 4.94. The van der Waals surface area contributed by atoms with Crippen LogP contribution in [0.3, 0.4) is 0 Å². The summed E-state index contributed by atoms with van der Waals surface area (Å²) in [6.07, 6.45) is 1.99. The van der Waals surface area contributed by atoms with Crippen molar-refractivity contribution in [2.24, 2.45) is 0 Å². The lowest BCUT2D eigenvalue weighted by molar-refractivity contribution is 0.155. The van der Waals surface area contributed by atoms with E-state index in [-0.39, 0.29) is 11.9 Å². The number of hydrogen-bond acceptors (Lipinski definition) is 2. The van der Waals surface area contributed by atoms with E-state index >= 15 is 0 Å². The summed E-state index contributed by atoms with van der Waals surface area (Å²) in [5.41, 5.74) is 0. The fourth-order valence-corrected chi connectivity index (χ4v) is 2.11. The van der Waals surface area contributed by atoms with Gasteiger partial charge in [0, 0.05) is 0 Å². The first-order valence-electron chi connectivity index (χ1n) is 5.09. The standard InChI is InChI=1S/C11H13BrFNO/c12-9-2-1-3-10(13)11(9)15-8-4-6-14-7-5-8/h1-3,8,14H,4-7H2. The Morgan fingerprint density at radius 3 is 2.73 bits per heavy atom. The third-order valence-corrected chi connectivity index (χ3v) is 3.11. The van der Waals surface area contributed by atoms with E-state index in [1.165, 1.54) is 6.07 Å². The van der Waals surface area contributed by atoms with Crippen molar-refractivity contribution in [2.75, 3.05) is 13.1 Å². The highest BCUT2D eigenvalue weighted by atomic mass is 79.9. The monoisotopic (exact) mass is 273 g/mol. The SMILES string of the molecule is Fc1cccc(Br)c1OC1CCNCC1. The fraction of sp³-hybridized carbons (Fsp3) is 0.455. The van der Waals surface area contributed by atoms with Crippen molar-refractivity contribution in [3.8, 4) is 5.75 Å². The van der Waals surface area contributed by atoms with Gasteiger partial charge in [-0.25, -0.2) is 4.39 Å². The van der Waals surface area contributed by atoms with Gasteiger partial charge >= 0.3 is 0 Å². The lowest BCUT2D eigenvalue weighted by atomic mass is 10.1. The van der Waals surface area contributed by atoms with Gasteiger partial charge < -0.3 is 10.1 Å². The van der Waals surface area contributed by atoms with E-state index in [4.69, 9.17) is 4.74 Å². The van der Waals surface area contributed by atoms with Crippen LogP contribution in [0.15, 0.2) is 22.7 Å². The van der Waals surface area contributed by atoms with Crippen molar-refractivity contribution < 1.29 is 9.13 Å². The molecule has 15 heavy (non-hydrogen) atoms. The van der Waals surface area contributed by atoms with Gasteiger partial charge in [-0.05, 0) is 54.0 Å². The zero-order chi connectivity index (χ0) is 10.7. The molecule has 0 unspecified atom stereocenters. The minimum atomic E-state index is -0.303. The number of halogens is 2. The topological polar surface area (TPSA) is 21.3 Å². The molecule has 1 fully saturated rings. The van der Waals surface area contributed by atoms with Crippen molar-refractivity contribution in [2.45, 2.75) is 18.9 Å². The van der Waals surface area contributed by atoms with Crippen LogP contribution in [0.1, 0.15) is 12.8 Å². The molecule has 1 aliphatic rings. The van der Waals surface area contributed by atoms with E-state index in [1.807, 2.05) is 0 Å². The molecule has 2 rings (SSSR count). The molecule has 0 bridgehead atoms. The summed E-state index contributed by atoms with van der Waals surface area (Å²) in [6.45, 7) is 1.88. The Morgan fingerprint density at radius 2 is 2.07 bits per heavy atom. The molecule has 0 atom stereocenters. The average Bonchev–Trinajstić information content (AvgIpc) is 2.25. The van der Waals surface area contributed by atoms with Crippen LogP contribution in [0.5, 0.6) is 5.75 Å². The third kappa shape index (κ3) is 2.69. The van der Waals surface area contributed by atoms with E-state index in [9.17, 15) is 4.39 Å². The highest BCUT2D eigenvalue weighted by Gasteiger charge is 2.17. The quantitative estimate of drug-likeness (QED) is 0.895. The van der Waals surface area contributed by atoms with Crippen LogP contribution >= 0.6 is 15.9 Å². The molecule has 2 nitrogen and oxygen atoms in total. The maximum Gasteiger partial charge on any atom is 0.169 e. The van der Waals surface area contributed by atoms with Gasteiger partial charge in [-0.1, -0.05) is 6.07 Å². The molecule has 0 aromatic heterocycles. The second-order valence-corrected chi connectivity index (χ2v) is 4.47. The van der Waals surface area contributed by atoms with Crippen LogP contribution in [0.4, 0.5) is 4.39 Å². The molecule has 1 aromatic rings. The summed E-state index contributed by atoms with van der Waals surface area (Å²) >= 11 is 3.29. The summed E-state index contributed by atoms with van der Waals surface area (Å²) in [4.78, 5) is 0. The van der Waals surface area contributed by atoms with Crippen molar-refractivity contribution in [1.82, 2.24) is 5.32 Å². The van der Waals surface area contributed by atoms with Gasteiger partial charge in [-0.3, -0.25) is 0 Å². The number of rotatable bonds is 2. The van der Waals surface area contributed by atoms with E-state index in [1.54, 1.807) is 12.1 Å². The smallest absolute Gasteiger partial charge is 0.169 e. The molecule has 0 aliphatic carbocycles. The first-order chi connectivity index (χ1) is 7.27. The first-order valence-corrected chi connectivity index (χ1v) is 5.88. The van der Waals surface area contributed by atoms with Crippen LogP contribution in [0, 0.1) is 5.82 Å². The zero-order valence-electron chi connectivity index (χ0n) is 8.30. The minimum absolute atomic E-state index is 0.124. The predicted octanol–water partition coefficient (Wildman–Crippen LogP) is 2.72. The summed E-state index contributed by atoms with van der Waals surface area (Å²) in [5.74, 6) is 0.0345. The minimum Gasteiger partial charge on any atom is -0.486 e. The molecule has 0 saturated carbocycles. The molecule has 0 radical (unpaired) electrons. The molecule has 4 heteroatoms. The van der Waals surface area contributed by atoms with E-state index in [2.05, 4.69) is 21.2 Å². The molecule has 82 valence electrons. The molecular weight excluding hydrogens is 261 g/mol. The summed E-state index contributed by atoms with van der Waals surface area (Å²) < 4.78 is 19.8. The van der Waals surface area contributed by atoms with Crippen LogP contribution < -0.4 is 10.1 Å².